The number of carbonyl (C=O) groups is 3. The van der Waals surface area contributed by atoms with Crippen LogP contribution in [0.3, 0.4) is 0 Å². The monoisotopic (exact) mass is 270 g/mol. The molecule has 1 heterocycles. The largest absolute Gasteiger partial charge is 0.466 e. The number of rotatable bonds is 7. The Kier molecular flexibility index (Phi) is 6.32. The van der Waals surface area contributed by atoms with E-state index in [1.165, 1.54) is 4.90 Å². The van der Waals surface area contributed by atoms with Crippen molar-refractivity contribution >= 4 is 17.8 Å². The zero-order chi connectivity index (χ0) is 14.3. The van der Waals surface area contributed by atoms with E-state index in [4.69, 9.17) is 4.74 Å². The second-order valence-electron chi connectivity index (χ2n) is 4.68. The van der Waals surface area contributed by atoms with Gasteiger partial charge in [0.25, 0.3) is 0 Å². The Labute approximate surface area is 113 Å². The number of carbonyl (C=O) groups excluding carboxylic acids is 3. The summed E-state index contributed by atoms with van der Waals surface area (Å²) in [6.45, 7) is 3.13. The van der Waals surface area contributed by atoms with Gasteiger partial charge in [0.2, 0.25) is 11.8 Å². The summed E-state index contributed by atoms with van der Waals surface area (Å²) in [5.74, 6) is -0.202. The van der Waals surface area contributed by atoms with Gasteiger partial charge >= 0.3 is 5.97 Å². The molecule has 1 aliphatic rings. The Morgan fingerprint density at radius 2 is 1.89 bits per heavy atom. The van der Waals surface area contributed by atoms with Crippen molar-refractivity contribution in [2.75, 3.05) is 33.3 Å². The maximum atomic E-state index is 11.7. The number of piperazine rings is 1. The van der Waals surface area contributed by atoms with Crippen LogP contribution in [0.25, 0.3) is 0 Å². The van der Waals surface area contributed by atoms with E-state index in [-0.39, 0.29) is 30.9 Å². The molecule has 6 nitrogen and oxygen atoms in total. The summed E-state index contributed by atoms with van der Waals surface area (Å²) in [5, 5.41) is 0. The normalized spacial score (nSPS) is 15.9. The van der Waals surface area contributed by atoms with Crippen molar-refractivity contribution in [2.24, 2.45) is 0 Å². The van der Waals surface area contributed by atoms with E-state index in [0.717, 1.165) is 19.3 Å². The first-order valence-corrected chi connectivity index (χ1v) is 6.72. The molecule has 0 spiro atoms. The maximum Gasteiger partial charge on any atom is 0.305 e. The van der Waals surface area contributed by atoms with Gasteiger partial charge in [-0.15, -0.1) is 0 Å². The van der Waals surface area contributed by atoms with Crippen LogP contribution in [0.1, 0.15) is 32.6 Å². The summed E-state index contributed by atoms with van der Waals surface area (Å²) in [7, 11) is 1.64. The summed E-state index contributed by atoms with van der Waals surface area (Å²) in [4.78, 5) is 37.3. The zero-order valence-corrected chi connectivity index (χ0v) is 11.7. The number of hydrogen-bond acceptors (Lipinski definition) is 4. The molecule has 0 aliphatic carbocycles. The molecule has 0 saturated carbocycles. The second-order valence-corrected chi connectivity index (χ2v) is 4.68. The minimum Gasteiger partial charge on any atom is -0.466 e. The van der Waals surface area contributed by atoms with Crippen molar-refractivity contribution in [3.8, 4) is 0 Å². The highest BCUT2D eigenvalue weighted by Gasteiger charge is 2.26. The lowest BCUT2D eigenvalue weighted by Crippen LogP contribution is -2.52. The zero-order valence-electron chi connectivity index (χ0n) is 11.7. The minimum absolute atomic E-state index is 0.00695. The van der Waals surface area contributed by atoms with E-state index in [2.05, 4.69) is 0 Å². The van der Waals surface area contributed by atoms with Gasteiger partial charge in [-0.25, -0.2) is 0 Å². The summed E-state index contributed by atoms with van der Waals surface area (Å²) in [5.41, 5.74) is 0. The van der Waals surface area contributed by atoms with E-state index in [9.17, 15) is 14.4 Å². The third-order valence-corrected chi connectivity index (χ3v) is 3.09. The molecule has 19 heavy (non-hydrogen) atoms. The van der Waals surface area contributed by atoms with Crippen LogP contribution in [0, 0.1) is 0 Å². The van der Waals surface area contributed by atoms with Gasteiger partial charge in [-0.2, -0.15) is 0 Å². The van der Waals surface area contributed by atoms with Gasteiger partial charge in [0, 0.05) is 20.0 Å². The summed E-state index contributed by atoms with van der Waals surface area (Å²) in [6, 6.07) is 0. The molecule has 0 radical (unpaired) electrons. The van der Waals surface area contributed by atoms with Crippen LogP contribution in [-0.2, 0) is 19.1 Å². The maximum absolute atomic E-state index is 11.7. The Morgan fingerprint density at radius 3 is 2.58 bits per heavy atom. The number of amides is 2. The highest BCUT2D eigenvalue weighted by atomic mass is 16.5. The van der Waals surface area contributed by atoms with E-state index in [0.29, 0.717) is 19.6 Å². The molecule has 0 aromatic carbocycles. The minimum atomic E-state index is -0.173. The summed E-state index contributed by atoms with van der Waals surface area (Å²) in [6.07, 6.45) is 2.84. The summed E-state index contributed by atoms with van der Waals surface area (Å²) < 4.78 is 4.83. The van der Waals surface area contributed by atoms with Gasteiger partial charge in [0.15, 0.2) is 0 Å². The SMILES string of the molecule is CCOC(=O)CCCCCN1CC(=O)N(C)CC1=O. The number of esters is 1. The van der Waals surface area contributed by atoms with Crippen LogP contribution < -0.4 is 0 Å². The second kappa shape index (κ2) is 7.76. The molecule has 0 bridgehead atoms. The Bertz CT molecular complexity index is 344. The molecular weight excluding hydrogens is 248 g/mol. The third-order valence-electron chi connectivity index (χ3n) is 3.09. The van der Waals surface area contributed by atoms with Crippen LogP contribution in [0.2, 0.25) is 0 Å². The molecule has 2 amide bonds. The fourth-order valence-corrected chi connectivity index (χ4v) is 1.95. The van der Waals surface area contributed by atoms with Gasteiger partial charge in [-0.1, -0.05) is 6.42 Å². The molecule has 1 saturated heterocycles. The Morgan fingerprint density at radius 1 is 1.16 bits per heavy atom. The molecule has 0 unspecified atom stereocenters. The van der Waals surface area contributed by atoms with Crippen molar-refractivity contribution in [2.45, 2.75) is 32.6 Å². The molecule has 1 aliphatic heterocycles. The van der Waals surface area contributed by atoms with Crippen molar-refractivity contribution in [3.05, 3.63) is 0 Å². The fourth-order valence-electron chi connectivity index (χ4n) is 1.95. The molecule has 1 fully saturated rings. The topological polar surface area (TPSA) is 66.9 Å². The van der Waals surface area contributed by atoms with Gasteiger partial charge in [-0.3, -0.25) is 14.4 Å². The van der Waals surface area contributed by atoms with E-state index in [1.54, 1.807) is 18.9 Å². The highest BCUT2D eigenvalue weighted by Crippen LogP contribution is 2.07. The molecule has 0 aromatic heterocycles. The van der Waals surface area contributed by atoms with Crippen LogP contribution in [-0.4, -0.2) is 60.9 Å². The molecule has 1 rings (SSSR count). The smallest absolute Gasteiger partial charge is 0.305 e. The number of likely N-dealkylation sites (N-methyl/N-ethyl adjacent to an activating group) is 1. The number of hydrogen-bond donors (Lipinski definition) is 0. The van der Waals surface area contributed by atoms with Gasteiger partial charge in [0.1, 0.15) is 0 Å². The van der Waals surface area contributed by atoms with Crippen molar-refractivity contribution in [1.82, 2.24) is 9.80 Å². The van der Waals surface area contributed by atoms with Crippen LogP contribution in [0.15, 0.2) is 0 Å². The highest BCUT2D eigenvalue weighted by molar-refractivity contribution is 5.92. The van der Waals surface area contributed by atoms with Gasteiger partial charge in [0.05, 0.1) is 19.7 Å². The molecule has 0 aromatic rings. The standard InChI is InChI=1S/C13H22N2O4/c1-3-19-13(18)7-5-4-6-8-15-10-11(16)14(2)9-12(15)17/h3-10H2,1-2H3. The molecule has 0 N–H and O–H groups in total. The van der Waals surface area contributed by atoms with Crippen LogP contribution in [0.5, 0.6) is 0 Å². The van der Waals surface area contributed by atoms with E-state index in [1.807, 2.05) is 0 Å². The average Bonchev–Trinajstić information content (AvgIpc) is 2.35. The lowest BCUT2D eigenvalue weighted by atomic mass is 10.2. The first-order valence-electron chi connectivity index (χ1n) is 6.72. The fraction of sp³-hybridized carbons (Fsp3) is 0.769. The number of ether oxygens (including phenoxy) is 1. The van der Waals surface area contributed by atoms with Crippen LogP contribution in [0.4, 0.5) is 0 Å². The summed E-state index contributed by atoms with van der Waals surface area (Å²) >= 11 is 0. The first-order chi connectivity index (χ1) is 9.04. The molecule has 108 valence electrons. The lowest BCUT2D eigenvalue weighted by molar-refractivity contribution is -0.148. The Balaban J connectivity index is 2.14. The number of nitrogens with zero attached hydrogens (tertiary/aromatic N) is 2. The Hall–Kier alpha value is -1.59. The lowest BCUT2D eigenvalue weighted by Gasteiger charge is -2.31. The first kappa shape index (κ1) is 15.5. The van der Waals surface area contributed by atoms with Crippen molar-refractivity contribution in [3.63, 3.8) is 0 Å². The molecular formula is C13H22N2O4. The predicted octanol–water partition coefficient (Wildman–Crippen LogP) is 0.410. The number of unbranched alkanes of at least 4 members (excludes halogenated alkanes) is 2. The van der Waals surface area contributed by atoms with Crippen molar-refractivity contribution < 1.29 is 19.1 Å². The van der Waals surface area contributed by atoms with E-state index >= 15 is 0 Å². The predicted molar refractivity (Wildman–Crippen MR) is 69.3 cm³/mol. The molecule has 0 atom stereocenters. The van der Waals surface area contributed by atoms with E-state index < -0.39 is 0 Å². The van der Waals surface area contributed by atoms with Crippen LogP contribution >= 0.6 is 0 Å². The molecule has 6 heteroatoms. The quantitative estimate of drug-likeness (QED) is 0.496. The van der Waals surface area contributed by atoms with Gasteiger partial charge < -0.3 is 14.5 Å². The van der Waals surface area contributed by atoms with Gasteiger partial charge in [-0.05, 0) is 19.8 Å². The average molecular weight is 270 g/mol. The van der Waals surface area contributed by atoms with Crippen molar-refractivity contribution in [1.29, 1.82) is 0 Å². The third kappa shape index (κ3) is 5.28.